The molecule has 1 aromatic carbocycles. The Morgan fingerprint density at radius 2 is 2.24 bits per heavy atom. The van der Waals surface area contributed by atoms with Crippen LogP contribution in [-0.4, -0.2) is 15.6 Å². The van der Waals surface area contributed by atoms with Crippen LogP contribution in [0.5, 0.6) is 0 Å². The maximum absolute atomic E-state index is 11.7. The van der Waals surface area contributed by atoms with E-state index in [1.807, 2.05) is 38.1 Å². The minimum Gasteiger partial charge on any atom is -0.294 e. The van der Waals surface area contributed by atoms with Crippen LogP contribution in [0.4, 0.5) is 0 Å². The third-order valence-corrected chi connectivity index (χ3v) is 2.92. The highest BCUT2D eigenvalue weighted by atomic mass is 35.5. The second kappa shape index (κ2) is 4.72. The monoisotopic (exact) mass is 248 g/mol. The van der Waals surface area contributed by atoms with Gasteiger partial charge in [-0.15, -0.1) is 0 Å². The predicted molar refractivity (Wildman–Crippen MR) is 67.9 cm³/mol. The molecule has 2 aromatic rings. The Balaban J connectivity index is 2.48. The predicted octanol–water partition coefficient (Wildman–Crippen LogP) is 3.43. The highest BCUT2D eigenvalue weighted by Gasteiger charge is 2.13. The summed E-state index contributed by atoms with van der Waals surface area (Å²) < 4.78 is 1.73. The maximum Gasteiger partial charge on any atom is 0.166 e. The fourth-order valence-corrected chi connectivity index (χ4v) is 1.93. The van der Waals surface area contributed by atoms with Crippen molar-refractivity contribution in [1.29, 1.82) is 0 Å². The Labute approximate surface area is 105 Å². The van der Waals surface area contributed by atoms with E-state index < -0.39 is 0 Å². The van der Waals surface area contributed by atoms with Gasteiger partial charge in [-0.2, -0.15) is 5.10 Å². The van der Waals surface area contributed by atoms with Crippen LogP contribution in [0, 0.1) is 6.92 Å². The number of Topliss-reactive ketones (excluding diaryl/α,β-unsaturated/α-hetero) is 1. The minimum absolute atomic E-state index is 0.107. The lowest BCUT2D eigenvalue weighted by Crippen LogP contribution is -2.02. The molecule has 17 heavy (non-hydrogen) atoms. The first-order chi connectivity index (χ1) is 8.13. The molecular weight excluding hydrogens is 236 g/mol. The van der Waals surface area contributed by atoms with E-state index in [-0.39, 0.29) is 5.78 Å². The molecular formula is C13H13ClN2O. The van der Waals surface area contributed by atoms with Gasteiger partial charge in [0.1, 0.15) is 0 Å². The molecule has 88 valence electrons. The van der Waals surface area contributed by atoms with E-state index in [9.17, 15) is 4.79 Å². The second-order valence-corrected chi connectivity index (χ2v) is 4.25. The summed E-state index contributed by atoms with van der Waals surface area (Å²) in [6.45, 7) is 3.73. The lowest BCUT2D eigenvalue weighted by molar-refractivity contribution is 0.0987. The summed E-state index contributed by atoms with van der Waals surface area (Å²) in [6.07, 6.45) is 2.10. The van der Waals surface area contributed by atoms with Crippen LogP contribution >= 0.6 is 11.6 Å². The number of carbonyl (C=O) groups is 1. The van der Waals surface area contributed by atoms with Crippen molar-refractivity contribution in [1.82, 2.24) is 9.78 Å². The fraction of sp³-hybridized carbons (Fsp3) is 0.231. The van der Waals surface area contributed by atoms with E-state index in [4.69, 9.17) is 11.6 Å². The quantitative estimate of drug-likeness (QED) is 0.780. The number of hydrogen-bond donors (Lipinski definition) is 0. The van der Waals surface area contributed by atoms with Crippen molar-refractivity contribution in [3.63, 3.8) is 0 Å². The van der Waals surface area contributed by atoms with E-state index in [1.165, 1.54) is 0 Å². The first kappa shape index (κ1) is 11.9. The highest BCUT2D eigenvalue weighted by molar-refractivity contribution is 6.30. The number of aromatic nitrogens is 2. The van der Waals surface area contributed by atoms with Gasteiger partial charge in [-0.25, -0.2) is 4.68 Å². The minimum atomic E-state index is 0.107. The van der Waals surface area contributed by atoms with Crippen molar-refractivity contribution in [3.05, 3.63) is 46.7 Å². The van der Waals surface area contributed by atoms with E-state index in [0.29, 0.717) is 17.0 Å². The number of rotatable bonds is 3. The van der Waals surface area contributed by atoms with E-state index in [1.54, 1.807) is 10.9 Å². The molecule has 0 saturated heterocycles. The third kappa shape index (κ3) is 2.24. The zero-order valence-electron chi connectivity index (χ0n) is 9.77. The number of ketones is 1. The summed E-state index contributed by atoms with van der Waals surface area (Å²) in [4.78, 5) is 11.7. The van der Waals surface area contributed by atoms with Crippen molar-refractivity contribution in [2.45, 2.75) is 20.3 Å². The lowest BCUT2D eigenvalue weighted by Gasteiger charge is -2.05. The van der Waals surface area contributed by atoms with Crippen molar-refractivity contribution in [2.24, 2.45) is 0 Å². The molecule has 0 amide bonds. The Hall–Kier alpha value is -1.61. The van der Waals surface area contributed by atoms with E-state index in [0.717, 1.165) is 11.4 Å². The van der Waals surface area contributed by atoms with Crippen molar-refractivity contribution in [3.8, 4) is 5.69 Å². The van der Waals surface area contributed by atoms with Gasteiger partial charge in [-0.1, -0.05) is 24.6 Å². The smallest absolute Gasteiger partial charge is 0.166 e. The van der Waals surface area contributed by atoms with Gasteiger partial charge in [-0.3, -0.25) is 4.79 Å². The summed E-state index contributed by atoms with van der Waals surface area (Å²) in [5, 5.41) is 4.89. The van der Waals surface area contributed by atoms with Gasteiger partial charge in [0.25, 0.3) is 0 Å². The summed E-state index contributed by atoms with van der Waals surface area (Å²) >= 11 is 5.94. The second-order valence-electron chi connectivity index (χ2n) is 3.81. The Morgan fingerprint density at radius 3 is 2.88 bits per heavy atom. The van der Waals surface area contributed by atoms with Gasteiger partial charge in [0, 0.05) is 11.4 Å². The molecule has 0 fully saturated rings. The molecule has 0 aliphatic rings. The van der Waals surface area contributed by atoms with Crippen LogP contribution < -0.4 is 0 Å². The molecule has 4 heteroatoms. The first-order valence-electron chi connectivity index (χ1n) is 5.47. The summed E-state index contributed by atoms with van der Waals surface area (Å²) in [5.41, 5.74) is 2.39. The zero-order chi connectivity index (χ0) is 12.4. The molecule has 0 aliphatic carbocycles. The number of halogens is 1. The van der Waals surface area contributed by atoms with Crippen LogP contribution in [-0.2, 0) is 0 Å². The van der Waals surface area contributed by atoms with Gasteiger partial charge in [0.2, 0.25) is 0 Å². The van der Waals surface area contributed by atoms with Crippen LogP contribution in [0.2, 0.25) is 5.02 Å². The summed E-state index contributed by atoms with van der Waals surface area (Å²) in [5.74, 6) is 0.107. The van der Waals surface area contributed by atoms with Crippen LogP contribution in [0.15, 0.2) is 30.5 Å². The SMILES string of the molecule is CCC(=O)c1cnn(-c2cccc(Cl)c2)c1C. The Morgan fingerprint density at radius 1 is 1.47 bits per heavy atom. The molecule has 1 aromatic heterocycles. The standard InChI is InChI=1S/C13H13ClN2O/c1-3-13(17)12-8-15-16(9(12)2)11-6-4-5-10(14)7-11/h4-8H,3H2,1-2H3. The van der Waals surface area contributed by atoms with Crippen LogP contribution in [0.25, 0.3) is 5.69 Å². The molecule has 0 saturated carbocycles. The molecule has 0 bridgehead atoms. The molecule has 0 aliphatic heterocycles. The first-order valence-corrected chi connectivity index (χ1v) is 5.85. The molecule has 1 heterocycles. The van der Waals surface area contributed by atoms with Crippen LogP contribution in [0.1, 0.15) is 29.4 Å². The summed E-state index contributed by atoms with van der Waals surface area (Å²) in [7, 11) is 0. The largest absolute Gasteiger partial charge is 0.294 e. The Bertz CT molecular complexity index is 560. The lowest BCUT2D eigenvalue weighted by atomic mass is 10.1. The highest BCUT2D eigenvalue weighted by Crippen LogP contribution is 2.18. The van der Waals surface area contributed by atoms with E-state index in [2.05, 4.69) is 5.10 Å². The number of nitrogens with zero attached hydrogens (tertiary/aromatic N) is 2. The van der Waals surface area contributed by atoms with Gasteiger partial charge in [-0.05, 0) is 25.1 Å². The number of carbonyl (C=O) groups excluding carboxylic acids is 1. The van der Waals surface area contributed by atoms with Gasteiger partial charge >= 0.3 is 0 Å². The molecule has 2 rings (SSSR count). The normalized spacial score (nSPS) is 10.5. The number of benzene rings is 1. The van der Waals surface area contributed by atoms with Crippen molar-refractivity contribution < 1.29 is 4.79 Å². The van der Waals surface area contributed by atoms with Crippen molar-refractivity contribution in [2.75, 3.05) is 0 Å². The molecule has 0 unspecified atom stereocenters. The van der Waals surface area contributed by atoms with Gasteiger partial charge in [0.15, 0.2) is 5.78 Å². The van der Waals surface area contributed by atoms with Crippen molar-refractivity contribution >= 4 is 17.4 Å². The average molecular weight is 249 g/mol. The number of hydrogen-bond acceptors (Lipinski definition) is 2. The molecule has 0 N–H and O–H groups in total. The average Bonchev–Trinajstić information content (AvgIpc) is 2.70. The Kier molecular flexibility index (Phi) is 3.29. The van der Waals surface area contributed by atoms with Gasteiger partial charge < -0.3 is 0 Å². The maximum atomic E-state index is 11.7. The van der Waals surface area contributed by atoms with E-state index >= 15 is 0 Å². The zero-order valence-corrected chi connectivity index (χ0v) is 10.5. The third-order valence-electron chi connectivity index (χ3n) is 2.68. The molecule has 3 nitrogen and oxygen atoms in total. The van der Waals surface area contributed by atoms with Crippen LogP contribution in [0.3, 0.4) is 0 Å². The fourth-order valence-electron chi connectivity index (χ4n) is 1.74. The molecule has 0 radical (unpaired) electrons. The topological polar surface area (TPSA) is 34.9 Å². The molecule has 0 spiro atoms. The van der Waals surface area contributed by atoms with Gasteiger partial charge in [0.05, 0.1) is 23.1 Å². The summed E-state index contributed by atoms with van der Waals surface area (Å²) in [6, 6.07) is 7.40. The molecule has 0 atom stereocenters.